The van der Waals surface area contributed by atoms with Crippen LogP contribution in [-0.4, -0.2) is 15.3 Å². The van der Waals surface area contributed by atoms with Gasteiger partial charge in [0.15, 0.2) is 5.78 Å². The van der Waals surface area contributed by atoms with Crippen LogP contribution in [0.4, 0.5) is 0 Å². The van der Waals surface area contributed by atoms with Gasteiger partial charge in [0.25, 0.3) is 5.56 Å². The number of aromatic nitrogens is 2. The summed E-state index contributed by atoms with van der Waals surface area (Å²) in [4.78, 5) is 36.8. The summed E-state index contributed by atoms with van der Waals surface area (Å²) in [5, 5.41) is 0. The molecular weight excluding hydrogens is 264 g/mol. The highest BCUT2D eigenvalue weighted by atomic mass is 32.1. The first kappa shape index (κ1) is 15.0. The molecule has 1 aromatic carbocycles. The van der Waals surface area contributed by atoms with E-state index in [0.717, 1.165) is 0 Å². The van der Waals surface area contributed by atoms with E-state index in [0.29, 0.717) is 5.56 Å². The molecule has 2 aromatic rings. The Hall–Kier alpha value is -2.08. The molecule has 6 heteroatoms. The monoisotopic (exact) mass is 278 g/mol. The second-order valence-corrected chi connectivity index (χ2v) is 3.92. The lowest BCUT2D eigenvalue weighted by molar-refractivity contribution is 0.0932. The minimum absolute atomic E-state index is 0. The van der Waals surface area contributed by atoms with Crippen LogP contribution in [-0.2, 0) is 0 Å². The van der Waals surface area contributed by atoms with Crippen LogP contribution in [0.3, 0.4) is 0 Å². The van der Waals surface area contributed by atoms with Crippen LogP contribution in [0.1, 0.15) is 23.3 Å². The Morgan fingerprint density at radius 2 is 1.79 bits per heavy atom. The number of nitrogens with zero attached hydrogens (tertiary/aromatic N) is 1. The van der Waals surface area contributed by atoms with Gasteiger partial charge in [-0.3, -0.25) is 19.1 Å². The van der Waals surface area contributed by atoms with Crippen molar-refractivity contribution in [1.29, 1.82) is 0 Å². The first-order valence-electron chi connectivity index (χ1n) is 5.50. The third-order valence-electron chi connectivity index (χ3n) is 2.71. The molecule has 19 heavy (non-hydrogen) atoms. The number of ketones is 1. The van der Waals surface area contributed by atoms with Crippen LogP contribution < -0.4 is 11.2 Å². The molecular formula is C13H14N2O3S. The average molecular weight is 278 g/mol. The Bertz CT molecular complexity index is 676. The number of carbonyl (C=O) groups excluding carboxylic acids is 1. The predicted octanol–water partition coefficient (Wildman–Crippen LogP) is 1.09. The number of H-pyrrole nitrogens is 1. The van der Waals surface area contributed by atoms with Crippen LogP contribution in [0.2, 0.25) is 0 Å². The van der Waals surface area contributed by atoms with Crippen molar-refractivity contribution < 1.29 is 4.79 Å². The van der Waals surface area contributed by atoms with Gasteiger partial charge < -0.3 is 0 Å². The molecule has 0 spiro atoms. The largest absolute Gasteiger partial charge is 0.328 e. The molecule has 0 bridgehead atoms. The first-order valence-corrected chi connectivity index (χ1v) is 5.50. The summed E-state index contributed by atoms with van der Waals surface area (Å²) in [5.41, 5.74) is -0.530. The Kier molecular flexibility index (Phi) is 4.88. The number of hydrogen-bond acceptors (Lipinski definition) is 3. The highest BCUT2D eigenvalue weighted by Crippen LogP contribution is 2.11. The molecule has 0 aliphatic heterocycles. The smallest absolute Gasteiger partial charge is 0.292 e. The number of hydrogen-bond donors (Lipinski definition) is 1. The molecule has 1 N–H and O–H groups in total. The summed E-state index contributed by atoms with van der Waals surface area (Å²) < 4.78 is 1.21. The first-order chi connectivity index (χ1) is 8.59. The minimum atomic E-state index is -0.656. The van der Waals surface area contributed by atoms with Gasteiger partial charge >= 0.3 is 5.69 Å². The van der Waals surface area contributed by atoms with Gasteiger partial charge in [0.1, 0.15) is 0 Å². The Morgan fingerprint density at radius 1 is 1.16 bits per heavy atom. The zero-order valence-corrected chi connectivity index (χ0v) is 11.3. The van der Waals surface area contributed by atoms with Crippen molar-refractivity contribution in [3.8, 4) is 0 Å². The van der Waals surface area contributed by atoms with Gasteiger partial charge in [-0.2, -0.15) is 13.5 Å². The number of rotatable bonds is 3. The maximum absolute atomic E-state index is 12.1. The zero-order valence-electron chi connectivity index (χ0n) is 10.3. The molecule has 0 amide bonds. The molecule has 0 aliphatic rings. The molecule has 5 nitrogen and oxygen atoms in total. The minimum Gasteiger partial charge on any atom is -0.292 e. The number of aromatic amines is 1. The van der Waals surface area contributed by atoms with Crippen LogP contribution >= 0.6 is 13.5 Å². The fourth-order valence-corrected chi connectivity index (χ4v) is 1.70. The van der Waals surface area contributed by atoms with Crippen molar-refractivity contribution in [1.82, 2.24) is 9.55 Å². The van der Waals surface area contributed by atoms with Crippen molar-refractivity contribution in [2.24, 2.45) is 0 Å². The topological polar surface area (TPSA) is 71.9 Å². The molecule has 1 unspecified atom stereocenters. The Morgan fingerprint density at radius 3 is 2.37 bits per heavy atom. The number of carbonyl (C=O) groups is 1. The number of Topliss-reactive ketones (excluding diaryl/α,β-unsaturated/α-hetero) is 1. The van der Waals surface area contributed by atoms with Gasteiger partial charge in [-0.05, 0) is 6.92 Å². The fourth-order valence-electron chi connectivity index (χ4n) is 1.70. The molecule has 1 atom stereocenters. The van der Waals surface area contributed by atoms with Crippen LogP contribution in [0.25, 0.3) is 0 Å². The van der Waals surface area contributed by atoms with E-state index in [2.05, 4.69) is 4.98 Å². The highest BCUT2D eigenvalue weighted by Gasteiger charge is 2.17. The van der Waals surface area contributed by atoms with Crippen LogP contribution in [0.5, 0.6) is 0 Å². The Balaban J connectivity index is 0.00000180. The summed E-state index contributed by atoms with van der Waals surface area (Å²) in [5.74, 6) is -0.176. The van der Waals surface area contributed by atoms with Gasteiger partial charge in [0.05, 0.1) is 6.04 Å². The van der Waals surface area contributed by atoms with Gasteiger partial charge in [0.2, 0.25) is 0 Å². The molecule has 2 rings (SSSR count). The second-order valence-electron chi connectivity index (χ2n) is 3.92. The van der Waals surface area contributed by atoms with Crippen molar-refractivity contribution in [3.05, 3.63) is 69.0 Å². The lowest BCUT2D eigenvalue weighted by atomic mass is 10.1. The standard InChI is InChI=1S/C13H12N2O3.H2S/c1-9(12(17)10-5-3-2-4-6-10)15-8-7-11(16)14-13(15)18;/h2-9H,1H3,(H,14,16,18);1H2. The summed E-state index contributed by atoms with van der Waals surface area (Å²) in [6.45, 7) is 1.62. The maximum atomic E-state index is 12.1. The molecule has 0 saturated carbocycles. The summed E-state index contributed by atoms with van der Waals surface area (Å²) in [7, 11) is 0. The predicted molar refractivity (Wildman–Crippen MR) is 77.2 cm³/mol. The third-order valence-corrected chi connectivity index (χ3v) is 2.71. The third kappa shape index (κ3) is 3.23. The van der Waals surface area contributed by atoms with E-state index in [1.807, 2.05) is 6.07 Å². The van der Waals surface area contributed by atoms with Crippen molar-refractivity contribution in [3.63, 3.8) is 0 Å². The van der Waals surface area contributed by atoms with Gasteiger partial charge in [-0.25, -0.2) is 4.79 Å². The molecule has 1 heterocycles. The second kappa shape index (κ2) is 6.19. The lowest BCUT2D eigenvalue weighted by Gasteiger charge is -2.12. The van der Waals surface area contributed by atoms with E-state index < -0.39 is 17.3 Å². The summed E-state index contributed by atoms with van der Waals surface area (Å²) >= 11 is 0. The van der Waals surface area contributed by atoms with Crippen LogP contribution in [0, 0.1) is 0 Å². The number of nitrogens with one attached hydrogen (secondary N) is 1. The van der Waals surface area contributed by atoms with E-state index in [1.54, 1.807) is 31.2 Å². The normalized spacial score (nSPS) is 11.4. The molecule has 0 saturated heterocycles. The van der Waals surface area contributed by atoms with E-state index >= 15 is 0 Å². The van der Waals surface area contributed by atoms with Gasteiger partial charge in [-0.15, -0.1) is 0 Å². The van der Waals surface area contributed by atoms with E-state index in [9.17, 15) is 14.4 Å². The van der Waals surface area contributed by atoms with Gasteiger partial charge in [0, 0.05) is 17.8 Å². The van der Waals surface area contributed by atoms with Gasteiger partial charge in [-0.1, -0.05) is 30.3 Å². The van der Waals surface area contributed by atoms with Crippen molar-refractivity contribution >= 4 is 19.3 Å². The Labute approximate surface area is 116 Å². The van der Waals surface area contributed by atoms with Crippen molar-refractivity contribution in [2.75, 3.05) is 0 Å². The summed E-state index contributed by atoms with van der Waals surface area (Å²) in [6.07, 6.45) is 1.33. The van der Waals surface area contributed by atoms with Crippen molar-refractivity contribution in [2.45, 2.75) is 13.0 Å². The van der Waals surface area contributed by atoms with Crippen LogP contribution in [0.15, 0.2) is 52.2 Å². The number of benzene rings is 1. The molecule has 0 radical (unpaired) electrons. The lowest BCUT2D eigenvalue weighted by Crippen LogP contribution is -2.33. The molecule has 0 aliphatic carbocycles. The molecule has 100 valence electrons. The quantitative estimate of drug-likeness (QED) is 0.854. The molecule has 1 aromatic heterocycles. The SMILES string of the molecule is CC(C(=O)c1ccccc1)n1ccc(=O)[nH]c1=O.S. The van der Waals surface area contributed by atoms with E-state index in [1.165, 1.54) is 16.8 Å². The maximum Gasteiger partial charge on any atom is 0.328 e. The highest BCUT2D eigenvalue weighted by molar-refractivity contribution is 7.59. The summed E-state index contributed by atoms with van der Waals surface area (Å²) in [6, 6.07) is 9.27. The average Bonchev–Trinajstić information content (AvgIpc) is 2.38. The fraction of sp³-hybridized carbons (Fsp3) is 0.154. The zero-order chi connectivity index (χ0) is 13.1. The van der Waals surface area contributed by atoms with E-state index in [4.69, 9.17) is 0 Å². The molecule has 0 fully saturated rings. The van der Waals surface area contributed by atoms with E-state index in [-0.39, 0.29) is 19.3 Å².